The van der Waals surface area contributed by atoms with E-state index in [-0.39, 0.29) is 12.4 Å². The molecule has 60 valence electrons. The third-order valence-electron chi connectivity index (χ3n) is 1.48. The molecule has 0 radical (unpaired) electrons. The molecule has 0 fully saturated rings. The molecule has 3 heteroatoms. The maximum absolute atomic E-state index is 9.29. The number of phenolic OH excluding ortho intramolecular Hbond substituents is 1. The molecule has 0 bridgehead atoms. The first-order chi connectivity index (χ1) is 5.24. The fraction of sp³-hybridized carbons (Fsp3) is 0.250. The number of benzene rings is 1. The van der Waals surface area contributed by atoms with E-state index in [1.165, 1.54) is 0 Å². The van der Waals surface area contributed by atoms with E-state index in [1.54, 1.807) is 12.1 Å². The van der Waals surface area contributed by atoms with E-state index in [9.17, 15) is 5.11 Å². The minimum atomic E-state index is 0.232. The van der Waals surface area contributed by atoms with Crippen molar-refractivity contribution in [3.8, 4) is 5.75 Å². The Morgan fingerprint density at radius 3 is 2.82 bits per heavy atom. The van der Waals surface area contributed by atoms with Gasteiger partial charge in [0.1, 0.15) is 5.75 Å². The molecule has 0 aliphatic carbocycles. The summed E-state index contributed by atoms with van der Waals surface area (Å²) in [6.07, 6.45) is 0. The minimum Gasteiger partial charge on any atom is -0.508 e. The Morgan fingerprint density at radius 2 is 2.27 bits per heavy atom. The Labute approximate surface area is 65.4 Å². The van der Waals surface area contributed by atoms with Gasteiger partial charge >= 0.3 is 0 Å². The van der Waals surface area contributed by atoms with Crippen molar-refractivity contribution in [3.05, 3.63) is 29.3 Å². The number of aromatic hydroxyl groups is 1. The van der Waals surface area contributed by atoms with Gasteiger partial charge in [-0.05, 0) is 18.6 Å². The molecule has 0 saturated heterocycles. The highest BCUT2D eigenvalue weighted by Crippen LogP contribution is 2.18. The van der Waals surface area contributed by atoms with Crippen molar-refractivity contribution in [2.24, 2.45) is 5.90 Å². The number of phenols is 1. The monoisotopic (exact) mass is 153 g/mol. The van der Waals surface area contributed by atoms with Crippen LogP contribution in [-0.4, -0.2) is 5.11 Å². The highest BCUT2D eigenvalue weighted by molar-refractivity contribution is 5.35. The van der Waals surface area contributed by atoms with Gasteiger partial charge in [0.15, 0.2) is 0 Å². The Morgan fingerprint density at radius 1 is 1.55 bits per heavy atom. The van der Waals surface area contributed by atoms with Crippen LogP contribution in [-0.2, 0) is 11.4 Å². The first kappa shape index (κ1) is 8.04. The van der Waals surface area contributed by atoms with Gasteiger partial charge in [0.05, 0.1) is 6.61 Å². The third-order valence-corrected chi connectivity index (χ3v) is 1.48. The van der Waals surface area contributed by atoms with Gasteiger partial charge in [0.25, 0.3) is 0 Å². The Kier molecular flexibility index (Phi) is 2.46. The molecule has 0 saturated carbocycles. The molecular weight excluding hydrogens is 142 g/mol. The van der Waals surface area contributed by atoms with Crippen LogP contribution in [0.4, 0.5) is 0 Å². The summed E-state index contributed by atoms with van der Waals surface area (Å²) in [5.74, 6) is 5.09. The molecule has 0 aromatic heterocycles. The molecule has 3 nitrogen and oxygen atoms in total. The molecule has 0 atom stereocenters. The summed E-state index contributed by atoms with van der Waals surface area (Å²) >= 11 is 0. The fourth-order valence-electron chi connectivity index (χ4n) is 0.886. The molecule has 0 aliphatic heterocycles. The van der Waals surface area contributed by atoms with E-state index in [1.807, 2.05) is 13.0 Å². The van der Waals surface area contributed by atoms with Crippen LogP contribution >= 0.6 is 0 Å². The molecule has 0 aliphatic rings. The summed E-state index contributed by atoms with van der Waals surface area (Å²) in [6.45, 7) is 2.15. The topological polar surface area (TPSA) is 55.5 Å². The standard InChI is InChI=1S/C8H11NO2/c1-6-2-3-7(5-11-9)8(10)4-6/h2-4,10H,5,9H2,1H3. The Bertz CT molecular complexity index is 248. The highest BCUT2D eigenvalue weighted by Gasteiger charge is 1.99. The lowest BCUT2D eigenvalue weighted by molar-refractivity contribution is 0.122. The zero-order valence-corrected chi connectivity index (χ0v) is 6.37. The van der Waals surface area contributed by atoms with E-state index in [2.05, 4.69) is 4.84 Å². The molecule has 1 aromatic carbocycles. The highest BCUT2D eigenvalue weighted by atomic mass is 16.6. The second kappa shape index (κ2) is 3.37. The predicted molar refractivity (Wildman–Crippen MR) is 41.8 cm³/mol. The summed E-state index contributed by atoms with van der Waals surface area (Å²) in [5.41, 5.74) is 1.72. The molecule has 0 unspecified atom stereocenters. The van der Waals surface area contributed by atoms with Gasteiger partial charge < -0.3 is 5.11 Å². The van der Waals surface area contributed by atoms with Crippen LogP contribution in [0.15, 0.2) is 18.2 Å². The van der Waals surface area contributed by atoms with Crippen LogP contribution in [0, 0.1) is 6.92 Å². The summed E-state index contributed by atoms with van der Waals surface area (Å²) in [7, 11) is 0. The predicted octanol–water partition coefficient (Wildman–Crippen LogP) is 1.09. The van der Waals surface area contributed by atoms with E-state index < -0.39 is 0 Å². The van der Waals surface area contributed by atoms with Gasteiger partial charge in [-0.15, -0.1) is 0 Å². The second-order valence-corrected chi connectivity index (χ2v) is 2.44. The van der Waals surface area contributed by atoms with Crippen molar-refractivity contribution in [1.82, 2.24) is 0 Å². The molecule has 1 rings (SSSR count). The first-order valence-electron chi connectivity index (χ1n) is 3.34. The number of hydrogen-bond donors (Lipinski definition) is 2. The van der Waals surface area contributed by atoms with Gasteiger partial charge in [-0.1, -0.05) is 12.1 Å². The maximum Gasteiger partial charge on any atom is 0.121 e. The van der Waals surface area contributed by atoms with Crippen molar-refractivity contribution in [2.75, 3.05) is 0 Å². The van der Waals surface area contributed by atoms with Crippen molar-refractivity contribution < 1.29 is 9.94 Å². The van der Waals surface area contributed by atoms with Gasteiger partial charge in [-0.3, -0.25) is 4.84 Å². The van der Waals surface area contributed by atoms with E-state index >= 15 is 0 Å². The molecule has 11 heavy (non-hydrogen) atoms. The SMILES string of the molecule is Cc1ccc(CON)c(O)c1. The van der Waals surface area contributed by atoms with Crippen molar-refractivity contribution in [1.29, 1.82) is 0 Å². The van der Waals surface area contributed by atoms with Crippen LogP contribution in [0.2, 0.25) is 0 Å². The molecule has 1 aromatic rings. The van der Waals surface area contributed by atoms with Crippen molar-refractivity contribution in [3.63, 3.8) is 0 Å². The first-order valence-corrected chi connectivity index (χ1v) is 3.34. The largest absolute Gasteiger partial charge is 0.508 e. The maximum atomic E-state index is 9.29. The summed E-state index contributed by atoms with van der Waals surface area (Å²) in [4.78, 5) is 4.39. The Hall–Kier alpha value is -1.06. The average molecular weight is 153 g/mol. The van der Waals surface area contributed by atoms with E-state index in [0.29, 0.717) is 5.56 Å². The lowest BCUT2D eigenvalue weighted by Gasteiger charge is -2.02. The normalized spacial score (nSPS) is 10.0. The molecular formula is C8H11NO2. The second-order valence-electron chi connectivity index (χ2n) is 2.44. The zero-order valence-electron chi connectivity index (χ0n) is 6.37. The van der Waals surface area contributed by atoms with E-state index in [0.717, 1.165) is 5.56 Å². The lowest BCUT2D eigenvalue weighted by atomic mass is 10.1. The number of rotatable bonds is 2. The van der Waals surface area contributed by atoms with Gasteiger partial charge in [0.2, 0.25) is 0 Å². The van der Waals surface area contributed by atoms with Crippen LogP contribution < -0.4 is 5.90 Å². The smallest absolute Gasteiger partial charge is 0.121 e. The van der Waals surface area contributed by atoms with Crippen molar-refractivity contribution in [2.45, 2.75) is 13.5 Å². The average Bonchev–Trinajstić information content (AvgIpc) is 1.95. The quantitative estimate of drug-likeness (QED) is 0.625. The molecule has 3 N–H and O–H groups in total. The van der Waals surface area contributed by atoms with Gasteiger partial charge in [-0.25, -0.2) is 5.90 Å². The zero-order chi connectivity index (χ0) is 8.27. The van der Waals surface area contributed by atoms with Crippen LogP contribution in [0.5, 0.6) is 5.75 Å². The van der Waals surface area contributed by atoms with Crippen LogP contribution in [0.25, 0.3) is 0 Å². The molecule has 0 heterocycles. The third kappa shape index (κ3) is 1.93. The minimum absolute atomic E-state index is 0.232. The number of nitrogens with two attached hydrogens (primary N) is 1. The van der Waals surface area contributed by atoms with Gasteiger partial charge in [0, 0.05) is 5.56 Å². The molecule has 0 amide bonds. The number of aryl methyl sites for hydroxylation is 1. The van der Waals surface area contributed by atoms with Crippen LogP contribution in [0.3, 0.4) is 0 Å². The Balaban J connectivity index is 2.90. The summed E-state index contributed by atoms with van der Waals surface area (Å²) in [5, 5.41) is 9.29. The number of hydrogen-bond acceptors (Lipinski definition) is 3. The van der Waals surface area contributed by atoms with Crippen LogP contribution in [0.1, 0.15) is 11.1 Å². The summed E-state index contributed by atoms with van der Waals surface area (Å²) < 4.78 is 0. The van der Waals surface area contributed by atoms with Gasteiger partial charge in [-0.2, -0.15) is 0 Å². The lowest BCUT2D eigenvalue weighted by Crippen LogP contribution is -1.98. The van der Waals surface area contributed by atoms with E-state index in [4.69, 9.17) is 5.90 Å². The molecule has 0 spiro atoms. The fourth-order valence-corrected chi connectivity index (χ4v) is 0.886. The van der Waals surface area contributed by atoms with Crippen molar-refractivity contribution >= 4 is 0 Å². The summed E-state index contributed by atoms with van der Waals surface area (Å²) in [6, 6.07) is 5.36.